The van der Waals surface area contributed by atoms with Gasteiger partial charge in [0.1, 0.15) is 5.71 Å². The maximum absolute atomic E-state index is 11.8. The Balaban J connectivity index is 0. The van der Waals surface area contributed by atoms with Gasteiger partial charge in [-0.05, 0) is 6.08 Å². The van der Waals surface area contributed by atoms with Crippen LogP contribution >= 0.6 is 0 Å². The normalized spacial score (nSPS) is 12.3. The molecule has 0 aromatic rings. The quantitative estimate of drug-likeness (QED) is 0.424. The van der Waals surface area contributed by atoms with Gasteiger partial charge in [0.15, 0.2) is 0 Å². The zero-order valence-corrected chi connectivity index (χ0v) is 8.73. The Kier molecular flexibility index (Phi) is 8.36. The highest BCUT2D eigenvalue weighted by Gasteiger charge is 2.32. The van der Waals surface area contributed by atoms with Crippen LogP contribution in [0.2, 0.25) is 0 Å². The van der Waals surface area contributed by atoms with Crippen LogP contribution in [0.3, 0.4) is 0 Å². The van der Waals surface area contributed by atoms with Crippen molar-refractivity contribution < 1.29 is 13.2 Å². The number of hydrogen-bond donors (Lipinski definition) is 1. The van der Waals surface area contributed by atoms with Crippen molar-refractivity contribution in [1.82, 2.24) is 0 Å². The standard InChI is InChI=1S/C9H8F3N.C2H6/c1-3-7(4-2)5-6-8(13)9(10,11)12;1-2/h1,4-7,13H,2H2;1-2H3/b6-5-,13-8?;. The third kappa shape index (κ3) is 7.56. The van der Waals surface area contributed by atoms with E-state index in [1.165, 1.54) is 6.08 Å². The van der Waals surface area contributed by atoms with Crippen molar-refractivity contribution >= 4 is 5.71 Å². The van der Waals surface area contributed by atoms with Gasteiger partial charge in [-0.15, -0.1) is 13.0 Å². The van der Waals surface area contributed by atoms with Gasteiger partial charge >= 0.3 is 6.18 Å². The molecule has 0 rings (SSSR count). The van der Waals surface area contributed by atoms with Crippen molar-refractivity contribution in [3.05, 3.63) is 24.8 Å². The van der Waals surface area contributed by atoms with Gasteiger partial charge in [0.25, 0.3) is 0 Å². The van der Waals surface area contributed by atoms with Crippen molar-refractivity contribution in [2.24, 2.45) is 5.92 Å². The van der Waals surface area contributed by atoms with E-state index in [1.807, 2.05) is 13.8 Å². The summed E-state index contributed by atoms with van der Waals surface area (Å²) >= 11 is 0. The lowest BCUT2D eigenvalue weighted by Crippen LogP contribution is -2.19. The van der Waals surface area contributed by atoms with Crippen LogP contribution in [0.1, 0.15) is 13.8 Å². The molecular weight excluding hydrogens is 203 g/mol. The Morgan fingerprint density at radius 3 is 2.20 bits per heavy atom. The summed E-state index contributed by atoms with van der Waals surface area (Å²) in [7, 11) is 0. The maximum atomic E-state index is 11.8. The molecule has 0 aliphatic heterocycles. The summed E-state index contributed by atoms with van der Waals surface area (Å²) in [4.78, 5) is 0. The molecule has 15 heavy (non-hydrogen) atoms. The number of rotatable bonds is 3. The fraction of sp³-hybridized carbons (Fsp3) is 0.364. The first-order valence-electron chi connectivity index (χ1n) is 4.34. The first-order valence-corrected chi connectivity index (χ1v) is 4.34. The Bertz CT molecular complexity index is 269. The molecule has 0 radical (unpaired) electrons. The fourth-order valence-corrected chi connectivity index (χ4v) is 0.497. The van der Waals surface area contributed by atoms with Crippen molar-refractivity contribution in [2.75, 3.05) is 0 Å². The van der Waals surface area contributed by atoms with Gasteiger partial charge in [0.2, 0.25) is 0 Å². The monoisotopic (exact) mass is 217 g/mol. The van der Waals surface area contributed by atoms with Gasteiger partial charge in [-0.1, -0.05) is 31.9 Å². The molecule has 0 heterocycles. The Hall–Kier alpha value is -1.50. The highest BCUT2D eigenvalue weighted by molar-refractivity contribution is 5.96. The molecule has 1 unspecified atom stereocenters. The molecule has 0 aromatic heterocycles. The molecule has 0 aliphatic carbocycles. The van der Waals surface area contributed by atoms with E-state index < -0.39 is 17.8 Å². The number of nitrogens with one attached hydrogen (secondary N) is 1. The van der Waals surface area contributed by atoms with Crippen LogP contribution in [0.25, 0.3) is 0 Å². The van der Waals surface area contributed by atoms with E-state index in [9.17, 15) is 13.2 Å². The topological polar surface area (TPSA) is 23.9 Å². The average molecular weight is 217 g/mol. The van der Waals surface area contributed by atoms with Crippen molar-refractivity contribution in [1.29, 1.82) is 5.41 Å². The molecule has 4 heteroatoms. The van der Waals surface area contributed by atoms with E-state index in [2.05, 4.69) is 12.5 Å². The summed E-state index contributed by atoms with van der Waals surface area (Å²) in [5, 5.41) is 6.57. The summed E-state index contributed by atoms with van der Waals surface area (Å²) < 4.78 is 35.3. The fourth-order valence-electron chi connectivity index (χ4n) is 0.497. The minimum absolute atomic E-state index is 0.567. The first-order chi connectivity index (χ1) is 6.91. The van der Waals surface area contributed by atoms with E-state index in [-0.39, 0.29) is 0 Å². The predicted octanol–water partition coefficient (Wildman–Crippen LogP) is 3.59. The lowest BCUT2D eigenvalue weighted by Gasteiger charge is -2.03. The summed E-state index contributed by atoms with van der Waals surface area (Å²) in [6, 6.07) is 0. The second-order valence-corrected chi connectivity index (χ2v) is 2.20. The number of halogens is 3. The van der Waals surface area contributed by atoms with Crippen molar-refractivity contribution in [2.45, 2.75) is 20.0 Å². The SMILES string of the molecule is C#CC(C=C)/C=C\C(=N)C(F)(F)F.CC. The predicted molar refractivity (Wildman–Crippen MR) is 56.8 cm³/mol. The van der Waals surface area contributed by atoms with Crippen LogP contribution < -0.4 is 0 Å². The summed E-state index contributed by atoms with van der Waals surface area (Å²) in [5.41, 5.74) is -1.42. The average Bonchev–Trinajstić information content (AvgIpc) is 2.20. The van der Waals surface area contributed by atoms with Gasteiger partial charge < -0.3 is 0 Å². The molecule has 0 amide bonds. The molecule has 1 nitrogen and oxygen atoms in total. The van der Waals surface area contributed by atoms with Crippen LogP contribution in [0.15, 0.2) is 24.8 Å². The number of hydrogen-bond acceptors (Lipinski definition) is 1. The van der Waals surface area contributed by atoms with E-state index in [0.717, 1.165) is 6.08 Å². The highest BCUT2D eigenvalue weighted by atomic mass is 19.4. The zero-order chi connectivity index (χ0) is 12.5. The number of allylic oxidation sites excluding steroid dienone is 3. The summed E-state index contributed by atoms with van der Waals surface area (Å²) in [6.07, 6.45) is 3.39. The van der Waals surface area contributed by atoms with Crippen LogP contribution in [0, 0.1) is 23.7 Å². The Morgan fingerprint density at radius 2 is 1.93 bits per heavy atom. The highest BCUT2D eigenvalue weighted by Crippen LogP contribution is 2.17. The smallest absolute Gasteiger partial charge is 0.296 e. The zero-order valence-electron chi connectivity index (χ0n) is 8.73. The summed E-state index contributed by atoms with van der Waals surface area (Å²) in [6.45, 7) is 7.33. The molecule has 0 aromatic carbocycles. The molecule has 84 valence electrons. The minimum atomic E-state index is -4.61. The second kappa shape index (κ2) is 7.86. The molecule has 0 saturated carbocycles. The van der Waals surface area contributed by atoms with Crippen molar-refractivity contribution in [3.63, 3.8) is 0 Å². The first kappa shape index (κ1) is 15.9. The lowest BCUT2D eigenvalue weighted by atomic mass is 10.1. The van der Waals surface area contributed by atoms with E-state index in [0.29, 0.717) is 6.08 Å². The molecule has 0 bridgehead atoms. The lowest BCUT2D eigenvalue weighted by molar-refractivity contribution is -0.0584. The van der Waals surface area contributed by atoms with Gasteiger partial charge in [-0.3, -0.25) is 5.41 Å². The molecular formula is C11H14F3N. The Labute approximate surface area is 88.2 Å². The maximum Gasteiger partial charge on any atom is 0.432 e. The van der Waals surface area contributed by atoms with Crippen LogP contribution in [0.4, 0.5) is 13.2 Å². The third-order valence-electron chi connectivity index (χ3n) is 1.22. The minimum Gasteiger partial charge on any atom is -0.296 e. The molecule has 0 fully saturated rings. The molecule has 0 spiro atoms. The molecule has 1 N–H and O–H groups in total. The van der Waals surface area contributed by atoms with Crippen LogP contribution in [-0.4, -0.2) is 11.9 Å². The molecule has 0 saturated heterocycles. The molecule has 1 atom stereocenters. The van der Waals surface area contributed by atoms with Gasteiger partial charge in [0.05, 0.1) is 5.92 Å². The number of alkyl halides is 3. The second-order valence-electron chi connectivity index (χ2n) is 2.20. The Morgan fingerprint density at radius 1 is 1.47 bits per heavy atom. The number of terminal acetylenes is 1. The molecule has 0 aliphatic rings. The third-order valence-corrected chi connectivity index (χ3v) is 1.22. The van der Waals surface area contributed by atoms with Crippen LogP contribution in [0.5, 0.6) is 0 Å². The van der Waals surface area contributed by atoms with Crippen molar-refractivity contribution in [3.8, 4) is 12.3 Å². The summed E-state index contributed by atoms with van der Waals surface area (Å²) in [5.74, 6) is 1.62. The van der Waals surface area contributed by atoms with Crippen LogP contribution in [-0.2, 0) is 0 Å². The van der Waals surface area contributed by atoms with E-state index >= 15 is 0 Å². The van der Waals surface area contributed by atoms with E-state index in [4.69, 9.17) is 11.8 Å². The van der Waals surface area contributed by atoms with Gasteiger partial charge in [-0.2, -0.15) is 13.2 Å². The van der Waals surface area contributed by atoms with Gasteiger partial charge in [-0.25, -0.2) is 0 Å². The largest absolute Gasteiger partial charge is 0.432 e. The van der Waals surface area contributed by atoms with E-state index in [1.54, 1.807) is 0 Å². The van der Waals surface area contributed by atoms with Gasteiger partial charge in [0, 0.05) is 0 Å².